The minimum absolute atomic E-state index is 0.0354. The van der Waals surface area contributed by atoms with E-state index >= 15 is 0 Å². The summed E-state index contributed by atoms with van der Waals surface area (Å²) in [6.45, 7) is 5.72. The molecular formula is C13H19NO4. The zero-order valence-corrected chi connectivity index (χ0v) is 10.8. The summed E-state index contributed by atoms with van der Waals surface area (Å²) in [7, 11) is 0. The summed E-state index contributed by atoms with van der Waals surface area (Å²) in [6.07, 6.45) is -0.315. The number of nitrogens with one attached hydrogen (secondary N) is 1. The maximum absolute atomic E-state index is 12.3. The van der Waals surface area contributed by atoms with Gasteiger partial charge in [-0.2, -0.15) is 0 Å². The Labute approximate surface area is 106 Å². The molecule has 5 heteroatoms. The van der Waals surface area contributed by atoms with Gasteiger partial charge in [-0.1, -0.05) is 0 Å². The Morgan fingerprint density at radius 2 is 2.06 bits per heavy atom. The minimum Gasteiger partial charge on any atom is -0.459 e. The van der Waals surface area contributed by atoms with Crippen molar-refractivity contribution < 1.29 is 19.4 Å². The monoisotopic (exact) mass is 253 g/mol. The topological polar surface area (TPSA) is 75.6 Å². The average molecular weight is 253 g/mol. The van der Waals surface area contributed by atoms with Crippen molar-refractivity contribution in [3.05, 3.63) is 0 Å². The van der Waals surface area contributed by atoms with Crippen LogP contribution < -0.4 is 5.32 Å². The lowest BCUT2D eigenvalue weighted by atomic mass is 9.77. The highest BCUT2D eigenvalue weighted by Crippen LogP contribution is 2.57. The van der Waals surface area contributed by atoms with Crippen molar-refractivity contribution >= 4 is 11.9 Å². The first kappa shape index (κ1) is 12.0. The van der Waals surface area contributed by atoms with E-state index in [1.807, 2.05) is 20.8 Å². The van der Waals surface area contributed by atoms with E-state index < -0.39 is 12.0 Å². The third kappa shape index (κ3) is 1.49. The van der Waals surface area contributed by atoms with Crippen LogP contribution in [0.15, 0.2) is 0 Å². The van der Waals surface area contributed by atoms with E-state index in [0.717, 1.165) is 6.42 Å². The number of carbonyl (C=O) groups excluding carboxylic acids is 2. The Hall–Kier alpha value is -1.10. The van der Waals surface area contributed by atoms with E-state index in [9.17, 15) is 14.7 Å². The van der Waals surface area contributed by atoms with E-state index in [2.05, 4.69) is 5.32 Å². The highest BCUT2D eigenvalue weighted by Gasteiger charge is 2.68. The molecule has 1 amide bonds. The number of fused-ring (bicyclic) bond motifs is 1. The van der Waals surface area contributed by atoms with Crippen LogP contribution in [0.1, 0.15) is 27.2 Å². The number of rotatable bonds is 1. The molecule has 6 atom stereocenters. The summed E-state index contributed by atoms with van der Waals surface area (Å²) >= 11 is 0. The minimum atomic E-state index is -0.673. The summed E-state index contributed by atoms with van der Waals surface area (Å²) in [4.78, 5) is 24.1. The molecule has 3 aliphatic rings. The second-order valence-electron chi connectivity index (χ2n) is 6.75. The van der Waals surface area contributed by atoms with Crippen LogP contribution in [0.3, 0.4) is 0 Å². The smallest absolute Gasteiger partial charge is 0.310 e. The summed E-state index contributed by atoms with van der Waals surface area (Å²) < 4.78 is 5.19. The quantitative estimate of drug-likeness (QED) is 0.648. The van der Waals surface area contributed by atoms with E-state index in [1.54, 1.807) is 0 Å². The molecule has 5 nitrogen and oxygen atoms in total. The number of esters is 1. The predicted octanol–water partition coefficient (Wildman–Crippen LogP) is 0.0695. The van der Waals surface area contributed by atoms with Gasteiger partial charge in [-0.3, -0.25) is 9.59 Å². The van der Waals surface area contributed by atoms with Crippen LogP contribution in [0.2, 0.25) is 0 Å². The van der Waals surface area contributed by atoms with Gasteiger partial charge in [0.15, 0.2) is 0 Å². The third-order valence-electron chi connectivity index (χ3n) is 4.38. The van der Waals surface area contributed by atoms with Crippen molar-refractivity contribution in [3.8, 4) is 0 Å². The van der Waals surface area contributed by atoms with Gasteiger partial charge in [-0.15, -0.1) is 0 Å². The Morgan fingerprint density at radius 1 is 1.39 bits per heavy atom. The molecule has 3 fully saturated rings. The molecule has 0 aromatic rings. The molecule has 100 valence electrons. The number of aliphatic hydroxyl groups is 1. The first-order chi connectivity index (χ1) is 8.29. The van der Waals surface area contributed by atoms with Gasteiger partial charge in [0.25, 0.3) is 0 Å². The molecule has 1 saturated heterocycles. The van der Waals surface area contributed by atoms with Crippen LogP contribution in [-0.4, -0.2) is 34.7 Å². The Balaban J connectivity index is 1.85. The molecule has 0 unspecified atom stereocenters. The highest BCUT2D eigenvalue weighted by atomic mass is 16.6. The number of hydrogen-bond donors (Lipinski definition) is 2. The SMILES string of the molecule is CC(C)(C)NC(=O)[C@@H]1[C@H]2C[C@H]3[C@H](OC(=O)[C@H]31)[C@@H]2O. The van der Waals surface area contributed by atoms with Gasteiger partial charge < -0.3 is 15.2 Å². The molecule has 18 heavy (non-hydrogen) atoms. The van der Waals surface area contributed by atoms with Crippen molar-refractivity contribution in [3.63, 3.8) is 0 Å². The van der Waals surface area contributed by atoms with Crippen LogP contribution in [0, 0.1) is 23.7 Å². The zero-order valence-electron chi connectivity index (χ0n) is 10.8. The molecule has 1 heterocycles. The summed E-state index contributed by atoms with van der Waals surface area (Å²) in [6, 6.07) is 0. The molecule has 2 bridgehead atoms. The molecule has 3 rings (SSSR count). The average Bonchev–Trinajstić information content (AvgIpc) is 2.78. The number of carbonyl (C=O) groups is 2. The van der Waals surface area contributed by atoms with Gasteiger partial charge in [0.2, 0.25) is 5.91 Å². The number of aliphatic hydroxyl groups excluding tert-OH is 1. The molecule has 0 aromatic carbocycles. The lowest BCUT2D eigenvalue weighted by Crippen LogP contribution is -2.50. The lowest BCUT2D eigenvalue weighted by Gasteiger charge is -2.30. The summed E-state index contributed by atoms with van der Waals surface area (Å²) in [5.41, 5.74) is -0.328. The predicted molar refractivity (Wildman–Crippen MR) is 62.4 cm³/mol. The van der Waals surface area contributed by atoms with Gasteiger partial charge in [-0.05, 0) is 27.2 Å². The fourth-order valence-corrected chi connectivity index (χ4v) is 3.83. The first-order valence-electron chi connectivity index (χ1n) is 6.50. The lowest BCUT2D eigenvalue weighted by molar-refractivity contribution is -0.147. The van der Waals surface area contributed by atoms with Crippen molar-refractivity contribution in [2.45, 2.75) is 44.9 Å². The number of amides is 1. The van der Waals surface area contributed by atoms with E-state index in [4.69, 9.17) is 4.74 Å². The standard InChI is InChI=1S/C13H19NO4/c1-13(2,3)14-11(16)7-5-4-6-8(7)12(17)18-10(6)9(5)15/h5-10,15H,4H2,1-3H3,(H,14,16)/t5-,6-,7-,8-,9-,10+/m1/s1. The third-order valence-corrected chi connectivity index (χ3v) is 4.38. The second kappa shape index (κ2) is 3.47. The molecule has 2 saturated carbocycles. The van der Waals surface area contributed by atoms with E-state index in [1.165, 1.54) is 0 Å². The fraction of sp³-hybridized carbons (Fsp3) is 0.846. The van der Waals surface area contributed by atoms with Crippen molar-refractivity contribution in [2.24, 2.45) is 23.7 Å². The number of ether oxygens (including phenoxy) is 1. The maximum Gasteiger partial charge on any atom is 0.310 e. The van der Waals surface area contributed by atoms with Crippen LogP contribution in [-0.2, 0) is 14.3 Å². The largest absolute Gasteiger partial charge is 0.459 e. The molecule has 2 aliphatic carbocycles. The number of hydrogen-bond acceptors (Lipinski definition) is 4. The normalized spacial score (nSPS) is 45.2. The summed E-state index contributed by atoms with van der Waals surface area (Å²) in [5, 5.41) is 13.0. The van der Waals surface area contributed by atoms with Gasteiger partial charge in [0, 0.05) is 17.4 Å². The molecule has 0 aromatic heterocycles. The van der Waals surface area contributed by atoms with Crippen molar-refractivity contribution in [1.82, 2.24) is 5.32 Å². The van der Waals surface area contributed by atoms with E-state index in [0.29, 0.717) is 0 Å². The van der Waals surface area contributed by atoms with Crippen LogP contribution >= 0.6 is 0 Å². The van der Waals surface area contributed by atoms with Gasteiger partial charge in [-0.25, -0.2) is 0 Å². The molecule has 2 N–H and O–H groups in total. The van der Waals surface area contributed by atoms with E-state index in [-0.39, 0.29) is 41.3 Å². The van der Waals surface area contributed by atoms with Crippen LogP contribution in [0.4, 0.5) is 0 Å². The Bertz CT molecular complexity index is 414. The van der Waals surface area contributed by atoms with Crippen LogP contribution in [0.5, 0.6) is 0 Å². The fourth-order valence-electron chi connectivity index (χ4n) is 3.83. The van der Waals surface area contributed by atoms with Crippen molar-refractivity contribution in [2.75, 3.05) is 0 Å². The maximum atomic E-state index is 12.3. The summed E-state index contributed by atoms with van der Waals surface area (Å²) in [5.74, 6) is -1.29. The van der Waals surface area contributed by atoms with Gasteiger partial charge >= 0.3 is 5.97 Å². The van der Waals surface area contributed by atoms with Crippen LogP contribution in [0.25, 0.3) is 0 Å². The zero-order chi connectivity index (χ0) is 13.2. The molecular weight excluding hydrogens is 234 g/mol. The van der Waals surface area contributed by atoms with Gasteiger partial charge in [0.1, 0.15) is 6.10 Å². The Kier molecular flexibility index (Phi) is 2.31. The van der Waals surface area contributed by atoms with Gasteiger partial charge in [0.05, 0.1) is 17.9 Å². The molecule has 0 radical (unpaired) electrons. The first-order valence-corrected chi connectivity index (χ1v) is 6.50. The molecule has 1 aliphatic heterocycles. The highest BCUT2D eigenvalue weighted by molar-refractivity contribution is 5.89. The van der Waals surface area contributed by atoms with Crippen molar-refractivity contribution in [1.29, 1.82) is 0 Å². The Morgan fingerprint density at radius 3 is 2.67 bits per heavy atom. The second-order valence-corrected chi connectivity index (χ2v) is 6.75. The molecule has 0 spiro atoms.